The predicted octanol–water partition coefficient (Wildman–Crippen LogP) is 1.95. The van der Waals surface area contributed by atoms with E-state index in [2.05, 4.69) is 9.89 Å². The molecule has 0 aromatic heterocycles. The monoisotopic (exact) mass is 379 g/mol. The molecule has 2 aliphatic rings. The molecule has 2 saturated heterocycles. The van der Waals surface area contributed by atoms with E-state index in [1.165, 1.54) is 6.20 Å². The van der Waals surface area contributed by atoms with E-state index in [-0.39, 0.29) is 12.0 Å². The highest BCUT2D eigenvalue weighted by atomic mass is 16.7. The highest BCUT2D eigenvalue weighted by Crippen LogP contribution is 2.38. The summed E-state index contributed by atoms with van der Waals surface area (Å²) in [6, 6.07) is 0.195. The van der Waals surface area contributed by atoms with Crippen LogP contribution in [0.25, 0.3) is 0 Å². The summed E-state index contributed by atoms with van der Waals surface area (Å²) in [6.45, 7) is 16.0. The van der Waals surface area contributed by atoms with Crippen molar-refractivity contribution in [1.29, 1.82) is 0 Å². The van der Waals surface area contributed by atoms with Crippen LogP contribution in [0, 0.1) is 0 Å². The lowest BCUT2D eigenvalue weighted by molar-refractivity contribution is -0.155. The fourth-order valence-electron chi connectivity index (χ4n) is 2.81. The first-order valence-corrected chi connectivity index (χ1v) is 9.58. The van der Waals surface area contributed by atoms with Gasteiger partial charge in [0.2, 0.25) is 0 Å². The minimum Gasteiger partial charge on any atom is -0.460 e. The van der Waals surface area contributed by atoms with Crippen molar-refractivity contribution in [1.82, 2.24) is 4.90 Å². The Hall–Kier alpha value is -1.38. The molecule has 0 amide bonds. The normalized spacial score (nSPS) is 23.7. The Morgan fingerprint density at radius 2 is 1.81 bits per heavy atom. The van der Waals surface area contributed by atoms with Crippen molar-refractivity contribution < 1.29 is 18.8 Å². The zero-order valence-corrected chi connectivity index (χ0v) is 17.7. The minimum absolute atomic E-state index is 0.163. The number of esters is 1. The molecule has 2 rings (SSSR count). The number of ether oxygens (including phenoxy) is 1. The zero-order valence-electron chi connectivity index (χ0n) is 17.7. The topological polar surface area (TPSA) is 86.4 Å². The Kier molecular flexibility index (Phi) is 6.44. The largest absolute Gasteiger partial charge is 0.497 e. The molecule has 0 saturated carbocycles. The Labute approximate surface area is 163 Å². The van der Waals surface area contributed by atoms with E-state index in [9.17, 15) is 4.79 Å². The second-order valence-electron chi connectivity index (χ2n) is 9.28. The lowest BCUT2D eigenvalue weighted by atomic mass is 9.79. The van der Waals surface area contributed by atoms with E-state index in [1.807, 2.05) is 48.5 Å². The highest BCUT2D eigenvalue weighted by Gasteiger charge is 2.52. The zero-order chi connectivity index (χ0) is 20.5. The average Bonchev–Trinajstić information content (AvgIpc) is 2.66. The maximum absolute atomic E-state index is 11.8. The third-order valence-corrected chi connectivity index (χ3v) is 5.14. The van der Waals surface area contributed by atoms with Gasteiger partial charge in [0.25, 0.3) is 0 Å². The molecule has 0 aromatic carbocycles. The van der Waals surface area contributed by atoms with E-state index in [1.54, 1.807) is 6.21 Å². The number of hydrogen-bond donors (Lipinski definition) is 1. The summed E-state index contributed by atoms with van der Waals surface area (Å²) in [7, 11) is -0.507. The van der Waals surface area contributed by atoms with Crippen molar-refractivity contribution in [3.63, 3.8) is 0 Å². The van der Waals surface area contributed by atoms with E-state index in [0.717, 1.165) is 18.6 Å². The molecule has 0 unspecified atom stereocenters. The molecule has 2 aliphatic heterocycles. The van der Waals surface area contributed by atoms with Crippen LogP contribution in [-0.4, -0.2) is 66.7 Å². The quantitative estimate of drug-likeness (QED) is 0.431. The van der Waals surface area contributed by atoms with Crippen molar-refractivity contribution in [3.8, 4) is 0 Å². The summed E-state index contributed by atoms with van der Waals surface area (Å²) in [6.07, 6.45) is 3.64. The van der Waals surface area contributed by atoms with Crippen molar-refractivity contribution in [2.45, 2.75) is 77.7 Å². The van der Waals surface area contributed by atoms with Gasteiger partial charge in [0.1, 0.15) is 5.60 Å². The Balaban J connectivity index is 1.76. The number of rotatable bonds is 6. The van der Waals surface area contributed by atoms with Crippen LogP contribution < -0.4 is 5.73 Å². The van der Waals surface area contributed by atoms with Crippen LogP contribution in [0.2, 0.25) is 0 Å². The van der Waals surface area contributed by atoms with E-state index < -0.39 is 23.9 Å². The molecule has 8 heteroatoms. The van der Waals surface area contributed by atoms with Crippen molar-refractivity contribution in [2.75, 3.05) is 19.6 Å². The van der Waals surface area contributed by atoms with Gasteiger partial charge in [-0.1, -0.05) is 0 Å². The molecule has 0 radical (unpaired) electrons. The lowest BCUT2D eigenvalue weighted by Crippen LogP contribution is -2.50. The first kappa shape index (κ1) is 21.9. The summed E-state index contributed by atoms with van der Waals surface area (Å²) in [5, 5.41) is 0. The summed E-state index contributed by atoms with van der Waals surface area (Å²) >= 11 is 0. The van der Waals surface area contributed by atoms with Gasteiger partial charge >= 0.3 is 13.1 Å². The van der Waals surface area contributed by atoms with Crippen LogP contribution in [0.5, 0.6) is 0 Å². The molecule has 2 fully saturated rings. The highest BCUT2D eigenvalue weighted by molar-refractivity contribution is 6.60. The SMILES string of the molecule is CC(C)(C)OC(=O)CCN1CC(N=CC(=CN)B2OC(C)(C)C(C)(C)O2)C1. The van der Waals surface area contributed by atoms with Gasteiger partial charge < -0.3 is 19.8 Å². The van der Waals surface area contributed by atoms with E-state index in [0.29, 0.717) is 13.0 Å². The van der Waals surface area contributed by atoms with Crippen LogP contribution in [0.15, 0.2) is 16.7 Å². The molecule has 2 N–H and O–H groups in total. The molecule has 27 heavy (non-hydrogen) atoms. The number of nitrogens with zero attached hydrogens (tertiary/aromatic N) is 2. The number of aliphatic imine (C=N–C) groups is 1. The van der Waals surface area contributed by atoms with Gasteiger partial charge in [-0.15, -0.1) is 0 Å². The molecule has 0 spiro atoms. The van der Waals surface area contributed by atoms with Crippen molar-refractivity contribution >= 4 is 19.3 Å². The van der Waals surface area contributed by atoms with Crippen LogP contribution >= 0.6 is 0 Å². The molecule has 152 valence electrons. The molecule has 2 heterocycles. The summed E-state index contributed by atoms with van der Waals surface area (Å²) in [5.41, 5.74) is 5.23. The van der Waals surface area contributed by atoms with E-state index >= 15 is 0 Å². The van der Waals surface area contributed by atoms with Crippen LogP contribution in [-0.2, 0) is 18.8 Å². The number of likely N-dealkylation sites (tertiary alicyclic amines) is 1. The van der Waals surface area contributed by atoms with Gasteiger partial charge in [0, 0.05) is 31.3 Å². The van der Waals surface area contributed by atoms with Crippen molar-refractivity contribution in [2.24, 2.45) is 10.7 Å². The summed E-state index contributed by atoms with van der Waals surface area (Å²) in [4.78, 5) is 18.5. The maximum atomic E-state index is 11.8. The van der Waals surface area contributed by atoms with E-state index in [4.69, 9.17) is 19.8 Å². The van der Waals surface area contributed by atoms with Gasteiger partial charge in [-0.25, -0.2) is 0 Å². The number of carbonyl (C=O) groups excluding carboxylic acids is 1. The fourth-order valence-corrected chi connectivity index (χ4v) is 2.81. The number of nitrogens with two attached hydrogens (primary N) is 1. The van der Waals surface area contributed by atoms with Crippen LogP contribution in [0.1, 0.15) is 54.9 Å². The Morgan fingerprint density at radius 1 is 1.26 bits per heavy atom. The van der Waals surface area contributed by atoms with Crippen LogP contribution in [0.3, 0.4) is 0 Å². The maximum Gasteiger partial charge on any atom is 0.497 e. The molecular formula is C19H34BN3O4. The first-order chi connectivity index (χ1) is 12.3. The van der Waals surface area contributed by atoms with Gasteiger partial charge in [0.15, 0.2) is 0 Å². The smallest absolute Gasteiger partial charge is 0.460 e. The third-order valence-electron chi connectivity index (χ3n) is 5.14. The summed E-state index contributed by atoms with van der Waals surface area (Å²) < 4.78 is 17.3. The predicted molar refractivity (Wildman–Crippen MR) is 108 cm³/mol. The lowest BCUT2D eigenvalue weighted by Gasteiger charge is -2.36. The number of hydrogen-bond acceptors (Lipinski definition) is 7. The molecule has 0 aromatic rings. The summed E-state index contributed by atoms with van der Waals surface area (Å²) in [5.74, 6) is -0.163. The Morgan fingerprint density at radius 3 is 2.30 bits per heavy atom. The Bertz CT molecular complexity index is 589. The van der Waals surface area contributed by atoms with Gasteiger partial charge in [-0.05, 0) is 54.7 Å². The third kappa shape index (κ3) is 5.80. The molecular weight excluding hydrogens is 345 g/mol. The number of carbonyl (C=O) groups is 1. The van der Waals surface area contributed by atoms with Crippen molar-refractivity contribution in [3.05, 3.63) is 11.7 Å². The standard InChI is InChI=1S/C19H34BN3O4/c1-17(2,3)25-16(24)8-9-23-12-15(13-23)22-11-14(10-21)20-26-18(4,5)19(6,7)27-20/h10-11,15H,8-9,12-13,21H2,1-7H3. The average molecular weight is 379 g/mol. The second kappa shape index (κ2) is 7.93. The molecule has 0 atom stereocenters. The molecule has 0 bridgehead atoms. The van der Waals surface area contributed by atoms with Gasteiger partial charge in [0.05, 0.1) is 23.7 Å². The van der Waals surface area contributed by atoms with Crippen LogP contribution in [0.4, 0.5) is 0 Å². The molecule has 7 nitrogen and oxygen atoms in total. The fraction of sp³-hybridized carbons (Fsp3) is 0.789. The van der Waals surface area contributed by atoms with Gasteiger partial charge in [-0.2, -0.15) is 0 Å². The first-order valence-electron chi connectivity index (χ1n) is 9.58. The minimum atomic E-state index is -0.507. The number of allylic oxidation sites excluding steroid dienone is 1. The second-order valence-corrected chi connectivity index (χ2v) is 9.28. The van der Waals surface area contributed by atoms with Gasteiger partial charge in [-0.3, -0.25) is 14.7 Å². The molecule has 0 aliphatic carbocycles.